The largest absolute Gasteiger partial charge is 0.496 e. The molecule has 5 nitrogen and oxygen atoms in total. The number of rotatable bonds is 6. The van der Waals surface area contributed by atoms with Gasteiger partial charge < -0.3 is 19.9 Å². The molecular formula is C22H28N4O. The Morgan fingerprint density at radius 2 is 1.96 bits per heavy atom. The molecule has 0 amide bonds. The number of H-pyrrole nitrogens is 1. The zero-order chi connectivity index (χ0) is 18.6. The number of para-hydroxylation sites is 2. The Morgan fingerprint density at radius 3 is 2.74 bits per heavy atom. The Balaban J connectivity index is 1.61. The molecule has 3 aromatic rings. The summed E-state index contributed by atoms with van der Waals surface area (Å²) in [5.74, 6) is 2.30. The fourth-order valence-corrected chi connectivity index (χ4v) is 4.09. The number of piperidine rings is 1. The number of fused-ring (bicyclic) bond motifs is 1. The molecule has 1 saturated heterocycles. The van der Waals surface area contributed by atoms with Gasteiger partial charge in [-0.2, -0.15) is 0 Å². The van der Waals surface area contributed by atoms with E-state index in [1.165, 1.54) is 18.4 Å². The van der Waals surface area contributed by atoms with Gasteiger partial charge in [0.15, 0.2) is 0 Å². The van der Waals surface area contributed by atoms with Gasteiger partial charge >= 0.3 is 0 Å². The second kappa shape index (κ2) is 8.11. The lowest BCUT2D eigenvalue weighted by Gasteiger charge is -2.32. The van der Waals surface area contributed by atoms with Crippen LogP contribution in [0.1, 0.15) is 24.3 Å². The summed E-state index contributed by atoms with van der Waals surface area (Å²) >= 11 is 0. The zero-order valence-electron chi connectivity index (χ0n) is 16.2. The number of benzene rings is 2. The Labute approximate surface area is 160 Å². The van der Waals surface area contributed by atoms with Crippen LogP contribution in [-0.2, 0) is 0 Å². The molecule has 142 valence electrons. The summed E-state index contributed by atoms with van der Waals surface area (Å²) in [4.78, 5) is 11.0. The minimum Gasteiger partial charge on any atom is -0.496 e. The number of aromatic nitrogens is 2. The zero-order valence-corrected chi connectivity index (χ0v) is 16.2. The van der Waals surface area contributed by atoms with Crippen LogP contribution in [0, 0.1) is 0 Å². The Kier molecular flexibility index (Phi) is 5.41. The summed E-state index contributed by atoms with van der Waals surface area (Å²) in [7, 11) is 3.72. The molecule has 4 rings (SSSR count). The number of imidazole rings is 1. The molecule has 0 unspecified atom stereocenters. The molecular weight excluding hydrogens is 336 g/mol. The van der Waals surface area contributed by atoms with Gasteiger partial charge in [-0.1, -0.05) is 24.3 Å². The number of nitrogens with zero attached hydrogens (tertiary/aromatic N) is 2. The Bertz CT molecular complexity index is 896. The van der Waals surface area contributed by atoms with Gasteiger partial charge in [0, 0.05) is 13.1 Å². The van der Waals surface area contributed by atoms with E-state index in [1.54, 1.807) is 7.11 Å². The van der Waals surface area contributed by atoms with E-state index in [4.69, 9.17) is 9.72 Å². The van der Waals surface area contributed by atoms with Crippen molar-refractivity contribution in [3.8, 4) is 17.1 Å². The first-order valence-electron chi connectivity index (χ1n) is 9.79. The fourth-order valence-electron chi connectivity index (χ4n) is 4.09. The second-order valence-electron chi connectivity index (χ2n) is 7.25. The van der Waals surface area contributed by atoms with E-state index in [9.17, 15) is 0 Å². The van der Waals surface area contributed by atoms with Crippen molar-refractivity contribution in [1.82, 2.24) is 20.2 Å². The van der Waals surface area contributed by atoms with Crippen molar-refractivity contribution >= 4 is 11.0 Å². The van der Waals surface area contributed by atoms with E-state index < -0.39 is 0 Å². The molecule has 5 heteroatoms. The van der Waals surface area contributed by atoms with Gasteiger partial charge in [0.25, 0.3) is 0 Å². The number of hydrogen-bond donors (Lipinski definition) is 2. The predicted molar refractivity (Wildman–Crippen MR) is 110 cm³/mol. The van der Waals surface area contributed by atoms with Crippen molar-refractivity contribution in [3.05, 3.63) is 48.0 Å². The van der Waals surface area contributed by atoms with Crippen LogP contribution >= 0.6 is 0 Å². The highest BCUT2D eigenvalue weighted by Crippen LogP contribution is 2.35. The van der Waals surface area contributed by atoms with Crippen molar-refractivity contribution < 1.29 is 4.74 Å². The maximum atomic E-state index is 5.52. The van der Waals surface area contributed by atoms with E-state index in [1.807, 2.05) is 25.2 Å². The third-order valence-corrected chi connectivity index (χ3v) is 5.61. The number of aromatic amines is 1. The summed E-state index contributed by atoms with van der Waals surface area (Å²) in [5, 5.41) is 3.24. The molecule has 2 N–H and O–H groups in total. The van der Waals surface area contributed by atoms with E-state index >= 15 is 0 Å². The lowest BCUT2D eigenvalue weighted by Crippen LogP contribution is -2.37. The van der Waals surface area contributed by atoms with Crippen LogP contribution in [0.2, 0.25) is 0 Å². The average molecular weight is 364 g/mol. The van der Waals surface area contributed by atoms with Crippen LogP contribution in [0.3, 0.4) is 0 Å². The summed E-state index contributed by atoms with van der Waals surface area (Å²) < 4.78 is 5.52. The van der Waals surface area contributed by atoms with Crippen LogP contribution < -0.4 is 10.1 Å². The third kappa shape index (κ3) is 3.70. The summed E-state index contributed by atoms with van der Waals surface area (Å²) in [6.07, 6.45) is 2.39. The number of likely N-dealkylation sites (tertiary alicyclic amines) is 1. The maximum absolute atomic E-state index is 5.52. The molecule has 1 aliphatic rings. The van der Waals surface area contributed by atoms with Crippen LogP contribution in [0.15, 0.2) is 42.5 Å². The number of ether oxygens (including phenoxy) is 1. The van der Waals surface area contributed by atoms with Crippen molar-refractivity contribution in [2.24, 2.45) is 0 Å². The second-order valence-corrected chi connectivity index (χ2v) is 7.25. The minimum absolute atomic E-state index is 0.577. The number of likely N-dealkylation sites (N-methyl/N-ethyl adjacent to an activating group) is 1. The first kappa shape index (κ1) is 18.0. The van der Waals surface area contributed by atoms with Crippen molar-refractivity contribution in [2.45, 2.75) is 18.8 Å². The molecule has 0 bridgehead atoms. The van der Waals surface area contributed by atoms with Crippen molar-refractivity contribution in [1.29, 1.82) is 0 Å². The maximum Gasteiger partial charge on any atom is 0.142 e. The van der Waals surface area contributed by atoms with Crippen LogP contribution in [0.25, 0.3) is 22.4 Å². The van der Waals surface area contributed by atoms with E-state index in [0.29, 0.717) is 5.92 Å². The van der Waals surface area contributed by atoms with E-state index in [0.717, 1.165) is 54.3 Å². The Morgan fingerprint density at radius 1 is 1.15 bits per heavy atom. The summed E-state index contributed by atoms with van der Waals surface area (Å²) in [6, 6.07) is 14.6. The number of nitrogens with one attached hydrogen (secondary N) is 2. The molecule has 0 saturated carbocycles. The monoisotopic (exact) mass is 364 g/mol. The molecule has 0 aliphatic carbocycles. The number of hydrogen-bond acceptors (Lipinski definition) is 4. The SMILES string of the molecule is CNCCN1CCC(c2cccc3[nH]c(-c4ccccc4OC)nc23)CC1. The topological polar surface area (TPSA) is 53.2 Å². The molecule has 1 aromatic heterocycles. The highest BCUT2D eigenvalue weighted by molar-refractivity contribution is 5.84. The van der Waals surface area contributed by atoms with Crippen molar-refractivity contribution in [3.63, 3.8) is 0 Å². The lowest BCUT2D eigenvalue weighted by atomic mass is 9.88. The minimum atomic E-state index is 0.577. The molecule has 2 aromatic carbocycles. The molecule has 0 spiro atoms. The van der Waals surface area contributed by atoms with E-state index in [-0.39, 0.29) is 0 Å². The van der Waals surface area contributed by atoms with Crippen LogP contribution in [0.5, 0.6) is 5.75 Å². The highest BCUT2D eigenvalue weighted by atomic mass is 16.5. The lowest BCUT2D eigenvalue weighted by molar-refractivity contribution is 0.214. The van der Waals surface area contributed by atoms with Gasteiger partial charge in [0.1, 0.15) is 11.6 Å². The first-order valence-corrected chi connectivity index (χ1v) is 9.79. The third-order valence-electron chi connectivity index (χ3n) is 5.61. The Hall–Kier alpha value is -2.37. The van der Waals surface area contributed by atoms with Gasteiger partial charge in [-0.25, -0.2) is 4.98 Å². The summed E-state index contributed by atoms with van der Waals surface area (Å²) in [6.45, 7) is 4.51. The average Bonchev–Trinajstić information content (AvgIpc) is 3.17. The van der Waals surface area contributed by atoms with Crippen LogP contribution in [0.4, 0.5) is 0 Å². The van der Waals surface area contributed by atoms with Gasteiger partial charge in [-0.15, -0.1) is 0 Å². The fraction of sp³-hybridized carbons (Fsp3) is 0.409. The molecule has 0 radical (unpaired) electrons. The smallest absolute Gasteiger partial charge is 0.142 e. The summed E-state index contributed by atoms with van der Waals surface area (Å²) in [5.41, 5.74) is 4.58. The number of methoxy groups -OCH3 is 1. The predicted octanol–water partition coefficient (Wildman–Crippen LogP) is 3.64. The van der Waals surface area contributed by atoms with Gasteiger partial charge in [-0.3, -0.25) is 0 Å². The highest BCUT2D eigenvalue weighted by Gasteiger charge is 2.23. The van der Waals surface area contributed by atoms with Gasteiger partial charge in [-0.05, 0) is 62.7 Å². The van der Waals surface area contributed by atoms with Crippen LogP contribution in [-0.4, -0.2) is 55.2 Å². The standard InChI is InChI=1S/C22H28N4O/c1-23-12-15-26-13-10-16(11-14-26)17-7-5-8-19-21(17)25-22(24-19)18-6-3-4-9-20(18)27-2/h3-9,16,23H,10-15H2,1-2H3,(H,24,25). The molecule has 27 heavy (non-hydrogen) atoms. The molecule has 1 fully saturated rings. The van der Waals surface area contributed by atoms with Gasteiger partial charge in [0.05, 0.1) is 23.7 Å². The molecule has 1 aliphatic heterocycles. The van der Waals surface area contributed by atoms with E-state index in [2.05, 4.69) is 39.5 Å². The normalized spacial score (nSPS) is 16.1. The quantitative estimate of drug-likeness (QED) is 0.701. The first-order chi connectivity index (χ1) is 13.3. The molecule has 0 atom stereocenters. The van der Waals surface area contributed by atoms with Gasteiger partial charge in [0.2, 0.25) is 0 Å². The molecule has 2 heterocycles. The van der Waals surface area contributed by atoms with Crippen molar-refractivity contribution in [2.75, 3.05) is 40.3 Å².